The van der Waals surface area contributed by atoms with Crippen molar-refractivity contribution in [3.05, 3.63) is 72.3 Å². The van der Waals surface area contributed by atoms with E-state index in [0.29, 0.717) is 12.8 Å². The van der Waals surface area contributed by atoms with Crippen LogP contribution in [-0.4, -0.2) is 15.9 Å². The van der Waals surface area contributed by atoms with Gasteiger partial charge in [-0.1, -0.05) is 24.3 Å². The van der Waals surface area contributed by atoms with Gasteiger partial charge in [0, 0.05) is 30.7 Å². The van der Waals surface area contributed by atoms with Gasteiger partial charge in [-0.15, -0.1) is 0 Å². The Morgan fingerprint density at radius 3 is 2.62 bits per heavy atom. The molecule has 0 aliphatic heterocycles. The third-order valence-corrected chi connectivity index (χ3v) is 3.95. The lowest BCUT2D eigenvalue weighted by Crippen LogP contribution is -2.11. The summed E-state index contributed by atoms with van der Waals surface area (Å²) in [6.07, 6.45) is 6.33. The molecule has 4 heteroatoms. The highest BCUT2D eigenvalue weighted by Gasteiger charge is 2.09. The van der Waals surface area contributed by atoms with Gasteiger partial charge in [0.2, 0.25) is 5.91 Å². The van der Waals surface area contributed by atoms with Crippen LogP contribution in [0.1, 0.15) is 17.7 Å². The molecule has 0 spiro atoms. The van der Waals surface area contributed by atoms with Gasteiger partial charge >= 0.3 is 0 Å². The maximum absolute atomic E-state index is 11.2. The summed E-state index contributed by atoms with van der Waals surface area (Å²) in [5.74, 6) is -0.293. The van der Waals surface area contributed by atoms with Crippen LogP contribution in [0.3, 0.4) is 0 Å². The molecule has 120 valence electrons. The number of hydrogen-bond acceptors (Lipinski definition) is 3. The average molecular weight is 317 g/mol. The number of hydrogen-bond donors (Lipinski definition) is 1. The maximum Gasteiger partial charge on any atom is 0.217 e. The number of rotatable bonds is 5. The minimum atomic E-state index is -0.293. The fraction of sp³-hybridized carbons (Fsp3) is 0.150. The molecule has 0 aliphatic rings. The number of nitrogens with two attached hydrogens (primary N) is 1. The Bertz CT molecular complexity index is 860. The Kier molecular flexibility index (Phi) is 4.66. The van der Waals surface area contributed by atoms with E-state index in [1.54, 1.807) is 12.4 Å². The Morgan fingerprint density at radius 2 is 1.92 bits per heavy atom. The smallest absolute Gasteiger partial charge is 0.217 e. The van der Waals surface area contributed by atoms with Gasteiger partial charge in [0.1, 0.15) is 0 Å². The van der Waals surface area contributed by atoms with Crippen LogP contribution in [0.25, 0.3) is 22.3 Å². The van der Waals surface area contributed by atoms with Gasteiger partial charge in [-0.2, -0.15) is 0 Å². The van der Waals surface area contributed by atoms with E-state index in [9.17, 15) is 4.79 Å². The van der Waals surface area contributed by atoms with Gasteiger partial charge in [-0.25, -0.2) is 0 Å². The molecule has 0 aliphatic carbocycles. The number of benzene rings is 1. The molecule has 0 bridgehead atoms. The van der Waals surface area contributed by atoms with Crippen LogP contribution in [0.15, 0.2) is 61.1 Å². The van der Waals surface area contributed by atoms with E-state index >= 15 is 0 Å². The number of primary amides is 1. The van der Waals surface area contributed by atoms with Gasteiger partial charge in [0.05, 0.1) is 0 Å². The van der Waals surface area contributed by atoms with E-state index in [2.05, 4.69) is 28.2 Å². The summed E-state index contributed by atoms with van der Waals surface area (Å²) in [4.78, 5) is 19.7. The molecule has 0 saturated heterocycles. The highest BCUT2D eigenvalue weighted by atomic mass is 16.1. The van der Waals surface area contributed by atoms with Crippen LogP contribution < -0.4 is 5.73 Å². The first-order valence-corrected chi connectivity index (χ1v) is 7.88. The molecule has 24 heavy (non-hydrogen) atoms. The van der Waals surface area contributed by atoms with E-state index < -0.39 is 0 Å². The second-order valence-electron chi connectivity index (χ2n) is 5.77. The molecule has 1 amide bonds. The Hall–Kier alpha value is -3.01. The molecule has 0 saturated carbocycles. The van der Waals surface area contributed by atoms with Crippen molar-refractivity contribution in [3.8, 4) is 22.3 Å². The van der Waals surface area contributed by atoms with E-state index in [1.165, 1.54) is 0 Å². The lowest BCUT2D eigenvalue weighted by Gasteiger charge is -2.12. The molecular weight excluding hydrogens is 298 g/mol. The van der Waals surface area contributed by atoms with Gasteiger partial charge in [0.25, 0.3) is 0 Å². The minimum Gasteiger partial charge on any atom is -0.370 e. The largest absolute Gasteiger partial charge is 0.370 e. The molecule has 3 aromatic rings. The SMILES string of the molecule is Cc1cc(-c2ccc(-c3cccnc3)cc2CCC(N)=O)ccn1. The van der Waals surface area contributed by atoms with E-state index in [4.69, 9.17) is 5.73 Å². The summed E-state index contributed by atoms with van der Waals surface area (Å²) in [6.45, 7) is 1.97. The molecule has 3 rings (SSSR count). The molecule has 0 atom stereocenters. The summed E-state index contributed by atoms with van der Waals surface area (Å²) < 4.78 is 0. The lowest BCUT2D eigenvalue weighted by atomic mass is 9.93. The fourth-order valence-corrected chi connectivity index (χ4v) is 2.77. The number of carbonyl (C=O) groups excluding carboxylic acids is 1. The zero-order chi connectivity index (χ0) is 16.9. The molecule has 2 aromatic heterocycles. The Labute approximate surface area is 141 Å². The molecule has 2 N–H and O–H groups in total. The quantitative estimate of drug-likeness (QED) is 0.782. The summed E-state index contributed by atoms with van der Waals surface area (Å²) in [5.41, 5.74) is 11.7. The van der Waals surface area contributed by atoms with Gasteiger partial charge in [0.15, 0.2) is 0 Å². The molecule has 1 aromatic carbocycles. The minimum absolute atomic E-state index is 0.293. The number of aryl methyl sites for hydroxylation is 2. The monoisotopic (exact) mass is 317 g/mol. The summed E-state index contributed by atoms with van der Waals surface area (Å²) in [6, 6.07) is 14.3. The van der Waals surface area contributed by atoms with Crippen molar-refractivity contribution < 1.29 is 4.79 Å². The number of aromatic nitrogens is 2. The van der Waals surface area contributed by atoms with Crippen LogP contribution >= 0.6 is 0 Å². The molecular formula is C20H19N3O. The predicted octanol–water partition coefficient (Wildman–Crippen LogP) is 3.54. The summed E-state index contributed by atoms with van der Waals surface area (Å²) in [5, 5.41) is 0. The second-order valence-corrected chi connectivity index (χ2v) is 5.77. The first-order valence-electron chi connectivity index (χ1n) is 7.88. The van der Waals surface area contributed by atoms with Gasteiger partial charge in [-0.05, 0) is 59.4 Å². The lowest BCUT2D eigenvalue weighted by molar-refractivity contribution is -0.117. The molecule has 0 fully saturated rings. The fourth-order valence-electron chi connectivity index (χ4n) is 2.77. The first kappa shape index (κ1) is 15.9. The number of pyridine rings is 2. The van der Waals surface area contributed by atoms with Crippen LogP contribution in [0.2, 0.25) is 0 Å². The highest BCUT2D eigenvalue weighted by molar-refractivity contribution is 5.77. The molecule has 0 radical (unpaired) electrons. The van der Waals surface area contributed by atoms with Crippen molar-refractivity contribution in [2.24, 2.45) is 5.73 Å². The van der Waals surface area contributed by atoms with Crippen molar-refractivity contribution in [1.29, 1.82) is 0 Å². The second kappa shape index (κ2) is 7.04. The van der Waals surface area contributed by atoms with E-state index in [1.807, 2.05) is 37.4 Å². The summed E-state index contributed by atoms with van der Waals surface area (Å²) >= 11 is 0. The first-order chi connectivity index (χ1) is 11.6. The average Bonchev–Trinajstić information content (AvgIpc) is 2.60. The predicted molar refractivity (Wildman–Crippen MR) is 95.2 cm³/mol. The zero-order valence-electron chi connectivity index (χ0n) is 13.6. The van der Waals surface area contributed by atoms with Gasteiger partial charge < -0.3 is 5.73 Å². The highest BCUT2D eigenvalue weighted by Crippen LogP contribution is 2.29. The molecule has 0 unspecified atom stereocenters. The number of carbonyl (C=O) groups is 1. The van der Waals surface area contributed by atoms with Crippen LogP contribution in [0.4, 0.5) is 0 Å². The van der Waals surface area contributed by atoms with Crippen molar-refractivity contribution in [2.45, 2.75) is 19.8 Å². The van der Waals surface area contributed by atoms with Crippen molar-refractivity contribution in [1.82, 2.24) is 9.97 Å². The topological polar surface area (TPSA) is 68.9 Å². The third kappa shape index (κ3) is 3.66. The van der Waals surface area contributed by atoms with Crippen LogP contribution in [0.5, 0.6) is 0 Å². The van der Waals surface area contributed by atoms with Crippen molar-refractivity contribution >= 4 is 5.91 Å². The summed E-state index contributed by atoms with van der Waals surface area (Å²) in [7, 11) is 0. The van der Waals surface area contributed by atoms with E-state index in [-0.39, 0.29) is 5.91 Å². The molecule has 4 nitrogen and oxygen atoms in total. The molecule has 2 heterocycles. The number of amides is 1. The van der Waals surface area contributed by atoms with Crippen LogP contribution in [-0.2, 0) is 11.2 Å². The van der Waals surface area contributed by atoms with E-state index in [0.717, 1.165) is 33.5 Å². The normalized spacial score (nSPS) is 10.5. The maximum atomic E-state index is 11.2. The van der Waals surface area contributed by atoms with Gasteiger partial charge in [-0.3, -0.25) is 14.8 Å². The number of nitrogens with zero attached hydrogens (tertiary/aromatic N) is 2. The van der Waals surface area contributed by atoms with Crippen molar-refractivity contribution in [3.63, 3.8) is 0 Å². The third-order valence-electron chi connectivity index (χ3n) is 3.95. The zero-order valence-corrected chi connectivity index (χ0v) is 13.6. The van der Waals surface area contributed by atoms with Crippen LogP contribution in [0, 0.1) is 6.92 Å². The Balaban J connectivity index is 2.06. The Morgan fingerprint density at radius 1 is 1.04 bits per heavy atom. The standard InChI is InChI=1S/C20H19N3O/c1-14-11-17(8-10-23-14)19-6-4-15(18-3-2-9-22-13-18)12-16(19)5-7-20(21)24/h2-4,6,8-13H,5,7H2,1H3,(H2,21,24). The van der Waals surface area contributed by atoms with Crippen molar-refractivity contribution in [2.75, 3.05) is 0 Å².